The lowest BCUT2D eigenvalue weighted by atomic mass is 10.00. The third-order valence-electron chi connectivity index (χ3n) is 4.26. The second kappa shape index (κ2) is 6.69. The number of nitrogens with zero attached hydrogens (tertiary/aromatic N) is 3. The molecule has 0 atom stereocenters. The predicted octanol–water partition coefficient (Wildman–Crippen LogP) is 3.66. The van der Waals surface area contributed by atoms with Crippen LogP contribution in [-0.2, 0) is 16.4 Å². The van der Waals surface area contributed by atoms with Gasteiger partial charge in [0.05, 0.1) is 17.6 Å². The summed E-state index contributed by atoms with van der Waals surface area (Å²) in [5.74, 6) is 0.752. The van der Waals surface area contributed by atoms with Crippen molar-refractivity contribution in [3.8, 4) is 11.3 Å². The van der Waals surface area contributed by atoms with Gasteiger partial charge in [-0.2, -0.15) is 0 Å². The number of anilines is 3. The van der Waals surface area contributed by atoms with Crippen LogP contribution in [0.1, 0.15) is 12.0 Å². The van der Waals surface area contributed by atoms with Crippen molar-refractivity contribution in [2.24, 2.45) is 0 Å². The molecular weight excluding hydrogens is 368 g/mol. The highest BCUT2D eigenvalue weighted by Crippen LogP contribution is 2.34. The highest BCUT2D eigenvalue weighted by molar-refractivity contribution is 7.92. The fourth-order valence-corrected chi connectivity index (χ4v) is 4.80. The van der Waals surface area contributed by atoms with Gasteiger partial charge in [0, 0.05) is 23.7 Å². The molecule has 0 saturated carbocycles. The molecule has 0 bridgehead atoms. The minimum atomic E-state index is -3.24. The average molecular weight is 387 g/mol. The van der Waals surface area contributed by atoms with Gasteiger partial charge in [0.1, 0.15) is 5.82 Å². The number of rotatable bonds is 4. The highest BCUT2D eigenvalue weighted by atomic mass is 32.2. The normalized spacial score (nSPS) is 14.1. The molecule has 134 valence electrons. The van der Waals surface area contributed by atoms with Gasteiger partial charge in [-0.3, -0.25) is 4.31 Å². The first-order chi connectivity index (χ1) is 12.5. The second-order valence-corrected chi connectivity index (χ2v) is 8.92. The van der Waals surface area contributed by atoms with E-state index >= 15 is 0 Å². The molecule has 0 amide bonds. The van der Waals surface area contributed by atoms with E-state index in [2.05, 4.69) is 15.3 Å². The minimum Gasteiger partial charge on any atom is -0.316 e. The van der Waals surface area contributed by atoms with Crippen molar-refractivity contribution < 1.29 is 8.42 Å². The van der Waals surface area contributed by atoms with Crippen molar-refractivity contribution in [1.82, 2.24) is 9.97 Å². The number of thiazole rings is 1. The molecule has 0 aliphatic carbocycles. The first-order valence-corrected chi connectivity index (χ1v) is 11.0. The molecule has 0 saturated heterocycles. The first-order valence-electron chi connectivity index (χ1n) is 8.25. The van der Waals surface area contributed by atoms with Crippen LogP contribution in [0.5, 0.6) is 0 Å². The van der Waals surface area contributed by atoms with Crippen molar-refractivity contribution >= 4 is 38.0 Å². The molecule has 0 radical (unpaired) electrons. The summed E-state index contributed by atoms with van der Waals surface area (Å²) in [4.78, 5) is 8.87. The van der Waals surface area contributed by atoms with E-state index in [0.29, 0.717) is 6.54 Å². The molecule has 6 nitrogen and oxygen atoms in total. The van der Waals surface area contributed by atoms with Crippen LogP contribution in [0.4, 0.5) is 16.6 Å². The summed E-state index contributed by atoms with van der Waals surface area (Å²) >= 11 is 1.51. The number of pyridine rings is 1. The monoisotopic (exact) mass is 386 g/mol. The molecule has 3 aromatic rings. The van der Waals surface area contributed by atoms with Gasteiger partial charge in [0.15, 0.2) is 5.13 Å². The number of fused-ring (bicyclic) bond motifs is 1. The van der Waals surface area contributed by atoms with E-state index in [1.54, 1.807) is 6.20 Å². The minimum absolute atomic E-state index is 0.542. The zero-order chi connectivity index (χ0) is 18.1. The van der Waals surface area contributed by atoms with Crippen LogP contribution in [0.25, 0.3) is 11.3 Å². The Bertz CT molecular complexity index is 1030. The number of aryl methyl sites for hydroxylation is 1. The van der Waals surface area contributed by atoms with Crippen LogP contribution in [0.3, 0.4) is 0 Å². The van der Waals surface area contributed by atoms with Gasteiger partial charge in [-0.05, 0) is 42.7 Å². The van der Waals surface area contributed by atoms with E-state index in [1.165, 1.54) is 21.9 Å². The Morgan fingerprint density at radius 3 is 2.88 bits per heavy atom. The van der Waals surface area contributed by atoms with Crippen molar-refractivity contribution in [2.75, 3.05) is 22.4 Å². The fourth-order valence-electron chi connectivity index (χ4n) is 3.08. The van der Waals surface area contributed by atoms with E-state index in [1.807, 2.05) is 41.8 Å². The number of benzene rings is 1. The highest BCUT2D eigenvalue weighted by Gasteiger charge is 2.24. The molecular formula is C18H18N4O2S2. The molecule has 0 spiro atoms. The zero-order valence-electron chi connectivity index (χ0n) is 14.2. The van der Waals surface area contributed by atoms with Crippen molar-refractivity contribution in [2.45, 2.75) is 12.8 Å². The lowest BCUT2D eigenvalue weighted by Gasteiger charge is -2.29. The Kier molecular flexibility index (Phi) is 4.37. The second-order valence-electron chi connectivity index (χ2n) is 6.16. The number of nitrogens with one attached hydrogen (secondary N) is 1. The van der Waals surface area contributed by atoms with Gasteiger partial charge >= 0.3 is 0 Å². The smallest absolute Gasteiger partial charge is 0.232 e. The Labute approximate surface area is 156 Å². The molecule has 8 heteroatoms. The molecule has 26 heavy (non-hydrogen) atoms. The Balaban J connectivity index is 1.62. The molecule has 1 aliphatic rings. The van der Waals surface area contributed by atoms with Crippen LogP contribution >= 0.6 is 11.3 Å². The maximum absolute atomic E-state index is 12.0. The average Bonchev–Trinajstić information content (AvgIpc) is 3.09. The van der Waals surface area contributed by atoms with Crippen LogP contribution in [0, 0.1) is 0 Å². The van der Waals surface area contributed by atoms with Crippen molar-refractivity contribution in [1.29, 1.82) is 0 Å². The van der Waals surface area contributed by atoms with Crippen LogP contribution < -0.4 is 9.62 Å². The fraction of sp³-hybridized carbons (Fsp3) is 0.222. The topological polar surface area (TPSA) is 75.2 Å². The van der Waals surface area contributed by atoms with Crippen LogP contribution in [-0.4, -0.2) is 31.2 Å². The Morgan fingerprint density at radius 2 is 2.12 bits per heavy atom. The quantitative estimate of drug-likeness (QED) is 0.741. The maximum atomic E-state index is 12.0. The summed E-state index contributed by atoms with van der Waals surface area (Å²) in [5.41, 5.74) is 3.69. The van der Waals surface area contributed by atoms with E-state index in [9.17, 15) is 8.42 Å². The van der Waals surface area contributed by atoms with E-state index in [-0.39, 0.29) is 0 Å². The summed E-state index contributed by atoms with van der Waals surface area (Å²) in [7, 11) is -3.24. The van der Waals surface area contributed by atoms with Crippen molar-refractivity contribution in [3.63, 3.8) is 0 Å². The van der Waals surface area contributed by atoms with Crippen LogP contribution in [0.2, 0.25) is 0 Å². The van der Waals surface area contributed by atoms with Gasteiger partial charge in [-0.1, -0.05) is 12.1 Å². The van der Waals surface area contributed by atoms with Gasteiger partial charge in [-0.25, -0.2) is 18.4 Å². The molecule has 0 fully saturated rings. The summed E-state index contributed by atoms with van der Waals surface area (Å²) in [6.07, 6.45) is 4.69. The lowest BCUT2D eigenvalue weighted by Crippen LogP contribution is -2.34. The Morgan fingerprint density at radius 1 is 1.23 bits per heavy atom. The van der Waals surface area contributed by atoms with Gasteiger partial charge in [0.25, 0.3) is 0 Å². The zero-order valence-corrected chi connectivity index (χ0v) is 15.8. The van der Waals surface area contributed by atoms with Crippen LogP contribution in [0.15, 0.2) is 48.0 Å². The largest absolute Gasteiger partial charge is 0.316 e. The summed E-state index contributed by atoms with van der Waals surface area (Å²) < 4.78 is 25.5. The van der Waals surface area contributed by atoms with Gasteiger partial charge in [-0.15, -0.1) is 11.3 Å². The first kappa shape index (κ1) is 17.0. The van der Waals surface area contributed by atoms with Crippen molar-refractivity contribution in [3.05, 3.63) is 53.5 Å². The standard InChI is InChI=1S/C18H18N4O2S2/c1-26(23,24)22-10-4-5-14-11-13(7-8-16(14)22)15-12-25-18(20-15)21-17-6-2-3-9-19-17/h2-3,6-9,11-12H,4-5,10H2,1H3,(H,19,20,21). The maximum Gasteiger partial charge on any atom is 0.232 e. The predicted molar refractivity (Wildman–Crippen MR) is 106 cm³/mol. The van der Waals surface area contributed by atoms with Gasteiger partial charge in [0.2, 0.25) is 10.0 Å². The molecule has 1 N–H and O–H groups in total. The third kappa shape index (κ3) is 3.42. The van der Waals surface area contributed by atoms with E-state index < -0.39 is 10.0 Å². The number of aromatic nitrogens is 2. The molecule has 2 aromatic heterocycles. The third-order valence-corrected chi connectivity index (χ3v) is 6.19. The summed E-state index contributed by atoms with van der Waals surface area (Å²) in [5, 5.41) is 5.95. The molecule has 0 unspecified atom stereocenters. The summed E-state index contributed by atoms with van der Waals surface area (Å²) in [6.45, 7) is 0.542. The number of hydrogen-bond acceptors (Lipinski definition) is 6. The molecule has 4 rings (SSSR count). The van der Waals surface area contributed by atoms with E-state index in [4.69, 9.17) is 0 Å². The SMILES string of the molecule is CS(=O)(=O)N1CCCc2cc(-c3csc(Nc4ccccn4)n3)ccc21. The lowest BCUT2D eigenvalue weighted by molar-refractivity contribution is 0.592. The number of hydrogen-bond donors (Lipinski definition) is 1. The molecule has 1 aliphatic heterocycles. The number of sulfonamides is 1. The molecule has 1 aromatic carbocycles. The Hall–Kier alpha value is -2.45. The van der Waals surface area contributed by atoms with Gasteiger partial charge < -0.3 is 5.32 Å². The van der Waals surface area contributed by atoms with E-state index in [0.717, 1.165) is 46.3 Å². The molecule has 3 heterocycles. The summed E-state index contributed by atoms with van der Waals surface area (Å²) in [6, 6.07) is 11.5.